The van der Waals surface area contributed by atoms with Gasteiger partial charge >= 0.3 is 0 Å². The Morgan fingerprint density at radius 1 is 0.909 bits per heavy atom. The Hall–Kier alpha value is -5.52. The molecule has 0 bridgehead atoms. The lowest BCUT2D eigenvalue weighted by Gasteiger charge is -2.35. The van der Waals surface area contributed by atoms with E-state index in [1.807, 2.05) is 11.8 Å². The molecule has 1 fully saturated rings. The third kappa shape index (κ3) is 5.74. The number of nitrogens with one attached hydrogen (secondary N) is 1. The fourth-order valence-corrected chi connectivity index (χ4v) is 5.13. The zero-order valence-electron chi connectivity index (χ0n) is 23.7. The molecule has 0 unspecified atom stereocenters. The van der Waals surface area contributed by atoms with Crippen LogP contribution in [0.2, 0.25) is 0 Å². The van der Waals surface area contributed by atoms with E-state index in [1.165, 1.54) is 16.7 Å². The van der Waals surface area contributed by atoms with Gasteiger partial charge in [0.15, 0.2) is 5.65 Å². The van der Waals surface area contributed by atoms with Crippen LogP contribution in [0.15, 0.2) is 83.9 Å². The molecule has 3 aromatic heterocycles. The van der Waals surface area contributed by atoms with Gasteiger partial charge in [-0.25, -0.2) is 13.8 Å². The molecule has 222 valence electrons. The molecule has 0 atom stereocenters. The monoisotopic (exact) mass is 595 g/mol. The summed E-state index contributed by atoms with van der Waals surface area (Å²) in [6, 6.07) is 16.2. The van der Waals surface area contributed by atoms with Gasteiger partial charge in [-0.3, -0.25) is 23.9 Å². The molecule has 12 heteroatoms. The average Bonchev–Trinajstić information content (AvgIpc) is 3.04. The van der Waals surface area contributed by atoms with Gasteiger partial charge < -0.3 is 15.1 Å². The standard InChI is InChI=1S/C32H27F2N7O3/c1-20-26-10-11-28(42)41(25-8-5-21(6-9-25)30(43)36-19-22-4-7-24(33)17-27(22)34)29(26)38-32(37-20)40-15-13-39(14-16-40)31(44)23-3-2-12-35-18-23/h2-12,17-18H,13-16,19H2,1H3,(H,36,43). The van der Waals surface area contributed by atoms with E-state index in [0.29, 0.717) is 65.7 Å². The van der Waals surface area contributed by atoms with Crippen LogP contribution in [0.4, 0.5) is 14.7 Å². The number of amides is 2. The SMILES string of the molecule is Cc1nc(N2CCN(C(=O)c3cccnc3)CC2)nc2c1ccc(=O)n2-c1ccc(C(=O)NCc2ccc(F)cc2F)cc1. The third-order valence-electron chi connectivity index (χ3n) is 7.53. The Bertz CT molecular complexity index is 1920. The first kappa shape index (κ1) is 28.6. The minimum Gasteiger partial charge on any atom is -0.348 e. The van der Waals surface area contributed by atoms with Crippen molar-refractivity contribution in [3.63, 3.8) is 0 Å². The fourth-order valence-electron chi connectivity index (χ4n) is 5.13. The molecule has 0 spiro atoms. The Morgan fingerprint density at radius 3 is 2.39 bits per heavy atom. The highest BCUT2D eigenvalue weighted by Crippen LogP contribution is 2.22. The van der Waals surface area contributed by atoms with Gasteiger partial charge in [0, 0.05) is 73.8 Å². The van der Waals surface area contributed by atoms with Crippen molar-refractivity contribution in [2.45, 2.75) is 13.5 Å². The van der Waals surface area contributed by atoms with Crippen LogP contribution >= 0.6 is 0 Å². The number of fused-ring (bicyclic) bond motifs is 1. The summed E-state index contributed by atoms with van der Waals surface area (Å²) >= 11 is 0. The van der Waals surface area contributed by atoms with Crippen LogP contribution in [0.25, 0.3) is 16.7 Å². The molecule has 1 saturated heterocycles. The van der Waals surface area contributed by atoms with Crippen LogP contribution in [0.5, 0.6) is 0 Å². The number of aromatic nitrogens is 4. The van der Waals surface area contributed by atoms with Crippen molar-refractivity contribution in [3.05, 3.63) is 123 Å². The van der Waals surface area contributed by atoms with Crippen molar-refractivity contribution in [1.82, 2.24) is 29.7 Å². The first-order chi connectivity index (χ1) is 21.3. The normalized spacial score (nSPS) is 13.2. The smallest absolute Gasteiger partial charge is 0.256 e. The van der Waals surface area contributed by atoms with Gasteiger partial charge in [0.05, 0.1) is 16.9 Å². The predicted molar refractivity (Wildman–Crippen MR) is 160 cm³/mol. The van der Waals surface area contributed by atoms with Crippen LogP contribution in [0.3, 0.4) is 0 Å². The van der Waals surface area contributed by atoms with Gasteiger partial charge in [0.1, 0.15) is 11.6 Å². The number of rotatable bonds is 6. The van der Waals surface area contributed by atoms with E-state index in [0.717, 1.165) is 12.1 Å². The van der Waals surface area contributed by atoms with Crippen molar-refractivity contribution >= 4 is 28.8 Å². The lowest BCUT2D eigenvalue weighted by Crippen LogP contribution is -2.49. The van der Waals surface area contributed by atoms with E-state index in [1.54, 1.807) is 59.8 Å². The van der Waals surface area contributed by atoms with Crippen molar-refractivity contribution in [2.24, 2.45) is 0 Å². The molecule has 6 rings (SSSR count). The quantitative estimate of drug-likeness (QED) is 0.319. The highest BCUT2D eigenvalue weighted by molar-refractivity contribution is 5.95. The number of anilines is 1. The number of carbonyl (C=O) groups is 2. The highest BCUT2D eigenvalue weighted by Gasteiger charge is 2.25. The van der Waals surface area contributed by atoms with Gasteiger partial charge in [0.25, 0.3) is 17.4 Å². The summed E-state index contributed by atoms with van der Waals surface area (Å²) in [5, 5.41) is 3.32. The minimum absolute atomic E-state index is 0.0815. The summed E-state index contributed by atoms with van der Waals surface area (Å²) in [7, 11) is 0. The van der Waals surface area contributed by atoms with Gasteiger partial charge in [-0.2, -0.15) is 4.98 Å². The lowest BCUT2D eigenvalue weighted by molar-refractivity contribution is 0.0745. The molecule has 1 N–H and O–H groups in total. The molecule has 5 aromatic rings. The van der Waals surface area contributed by atoms with E-state index in [2.05, 4.69) is 10.3 Å². The lowest BCUT2D eigenvalue weighted by atomic mass is 10.1. The number of hydrogen-bond donors (Lipinski definition) is 1. The molecule has 0 saturated carbocycles. The topological polar surface area (TPSA) is 113 Å². The van der Waals surface area contributed by atoms with Crippen molar-refractivity contribution in [2.75, 3.05) is 31.1 Å². The second-order valence-corrected chi connectivity index (χ2v) is 10.3. The molecule has 10 nitrogen and oxygen atoms in total. The molecule has 2 amide bonds. The average molecular weight is 596 g/mol. The molecule has 2 aromatic carbocycles. The predicted octanol–water partition coefficient (Wildman–Crippen LogP) is 3.65. The number of piperazine rings is 1. The maximum Gasteiger partial charge on any atom is 0.256 e. The summed E-state index contributed by atoms with van der Waals surface area (Å²) in [5.41, 5.74) is 2.29. The van der Waals surface area contributed by atoms with E-state index >= 15 is 0 Å². The Balaban J connectivity index is 1.22. The summed E-state index contributed by atoms with van der Waals surface area (Å²) < 4.78 is 28.6. The van der Waals surface area contributed by atoms with Crippen LogP contribution in [-0.4, -0.2) is 62.4 Å². The summed E-state index contributed by atoms with van der Waals surface area (Å²) in [5.74, 6) is -1.52. The second kappa shape index (κ2) is 12.0. The molecule has 44 heavy (non-hydrogen) atoms. The van der Waals surface area contributed by atoms with E-state index < -0.39 is 17.5 Å². The molecule has 0 radical (unpaired) electrons. The molecular weight excluding hydrogens is 568 g/mol. The molecule has 1 aliphatic rings. The van der Waals surface area contributed by atoms with Crippen molar-refractivity contribution in [1.29, 1.82) is 0 Å². The first-order valence-corrected chi connectivity index (χ1v) is 14.0. The van der Waals surface area contributed by atoms with Crippen molar-refractivity contribution in [3.8, 4) is 5.69 Å². The van der Waals surface area contributed by atoms with Crippen LogP contribution in [0, 0.1) is 18.6 Å². The number of carbonyl (C=O) groups excluding carboxylic acids is 2. The number of aryl methyl sites for hydroxylation is 1. The number of hydrogen-bond acceptors (Lipinski definition) is 7. The summed E-state index contributed by atoms with van der Waals surface area (Å²) in [4.78, 5) is 55.9. The third-order valence-corrected chi connectivity index (χ3v) is 7.53. The number of halogens is 2. The Kier molecular flexibility index (Phi) is 7.80. The largest absolute Gasteiger partial charge is 0.348 e. The Morgan fingerprint density at radius 2 is 1.68 bits per heavy atom. The highest BCUT2D eigenvalue weighted by atomic mass is 19.1. The zero-order valence-corrected chi connectivity index (χ0v) is 23.7. The maximum atomic E-state index is 13.9. The fraction of sp³-hybridized carbons (Fsp3) is 0.188. The number of benzene rings is 2. The van der Waals surface area contributed by atoms with Gasteiger partial charge in [0.2, 0.25) is 5.95 Å². The first-order valence-electron chi connectivity index (χ1n) is 14.0. The zero-order chi connectivity index (χ0) is 30.8. The van der Waals surface area contributed by atoms with E-state index in [4.69, 9.17) is 9.97 Å². The minimum atomic E-state index is -0.743. The summed E-state index contributed by atoms with van der Waals surface area (Å²) in [6.07, 6.45) is 3.18. The van der Waals surface area contributed by atoms with Gasteiger partial charge in [-0.15, -0.1) is 0 Å². The van der Waals surface area contributed by atoms with Crippen LogP contribution in [0.1, 0.15) is 32.0 Å². The molecular formula is C32H27F2N7O3. The van der Waals surface area contributed by atoms with E-state index in [9.17, 15) is 23.2 Å². The number of pyridine rings is 2. The van der Waals surface area contributed by atoms with Gasteiger partial charge in [-0.05, 0) is 55.5 Å². The van der Waals surface area contributed by atoms with Crippen LogP contribution < -0.4 is 15.8 Å². The van der Waals surface area contributed by atoms with E-state index in [-0.39, 0.29) is 23.6 Å². The summed E-state index contributed by atoms with van der Waals surface area (Å²) in [6.45, 7) is 3.72. The van der Waals surface area contributed by atoms with Gasteiger partial charge in [-0.1, -0.05) is 6.07 Å². The second-order valence-electron chi connectivity index (χ2n) is 10.3. The van der Waals surface area contributed by atoms with Crippen molar-refractivity contribution < 1.29 is 18.4 Å². The molecule has 0 aliphatic carbocycles. The maximum absolute atomic E-state index is 13.9. The number of nitrogens with zero attached hydrogens (tertiary/aromatic N) is 6. The Labute approximate surface area is 250 Å². The molecule has 1 aliphatic heterocycles. The van der Waals surface area contributed by atoms with Crippen LogP contribution in [-0.2, 0) is 6.54 Å². The molecule has 4 heterocycles.